The fourth-order valence-corrected chi connectivity index (χ4v) is 7.20. The molecule has 5 atom stereocenters. The standard InChI is InChI=1S/C29H25NO5S/c1-21(36(32,33)23-14-6-4-7-15-23)20-34-27(31)30-25-17-10-9-16-24(25)29-22-12-5-2-3-8-18-26(30)28(29,35-29)19-11-13-22/h2-4,6-7,9-10,14-17,21-22,26H,11,13,19-20H2,1H3/b3-2-/t21-,22+,26+,28+,29-/m1/s1. The maximum atomic E-state index is 13.6. The van der Waals surface area contributed by atoms with E-state index in [1.165, 1.54) is 0 Å². The van der Waals surface area contributed by atoms with Crippen molar-refractivity contribution >= 4 is 21.6 Å². The molecule has 1 saturated heterocycles. The summed E-state index contributed by atoms with van der Waals surface area (Å²) >= 11 is 0. The van der Waals surface area contributed by atoms with Gasteiger partial charge in [0.15, 0.2) is 9.84 Å². The number of rotatable bonds is 4. The van der Waals surface area contributed by atoms with E-state index >= 15 is 0 Å². The number of para-hydroxylation sites is 1. The molecule has 2 aromatic carbocycles. The van der Waals surface area contributed by atoms with E-state index in [0.29, 0.717) is 5.69 Å². The van der Waals surface area contributed by atoms with Crippen LogP contribution >= 0.6 is 0 Å². The summed E-state index contributed by atoms with van der Waals surface area (Å²) < 4.78 is 38.3. The number of sulfone groups is 1. The van der Waals surface area contributed by atoms with Gasteiger partial charge < -0.3 is 9.47 Å². The van der Waals surface area contributed by atoms with Crippen molar-refractivity contribution in [3.63, 3.8) is 0 Å². The van der Waals surface area contributed by atoms with Crippen LogP contribution in [0.4, 0.5) is 10.5 Å². The van der Waals surface area contributed by atoms with Crippen molar-refractivity contribution in [2.45, 2.75) is 53.6 Å². The summed E-state index contributed by atoms with van der Waals surface area (Å²) in [6, 6.07) is 15.3. The maximum absolute atomic E-state index is 13.6. The average molecular weight is 500 g/mol. The van der Waals surface area contributed by atoms with Crippen LogP contribution in [0.5, 0.6) is 0 Å². The summed E-state index contributed by atoms with van der Waals surface area (Å²) in [5.41, 5.74) is 0.304. The van der Waals surface area contributed by atoms with Crippen molar-refractivity contribution in [1.29, 1.82) is 0 Å². The molecule has 4 aliphatic rings. The Hall–Kier alpha value is -3.52. The van der Waals surface area contributed by atoms with Gasteiger partial charge in [0.25, 0.3) is 0 Å². The fraction of sp³-hybridized carbons (Fsp3) is 0.345. The highest BCUT2D eigenvalue weighted by Crippen LogP contribution is 2.72. The van der Waals surface area contributed by atoms with E-state index in [1.807, 2.05) is 24.3 Å². The third-order valence-electron chi connectivity index (χ3n) is 7.69. The van der Waals surface area contributed by atoms with Crippen molar-refractivity contribution < 1.29 is 22.7 Å². The van der Waals surface area contributed by atoms with Gasteiger partial charge in [-0.2, -0.15) is 0 Å². The van der Waals surface area contributed by atoms with Crippen LogP contribution in [-0.4, -0.2) is 38.0 Å². The number of nitrogens with zero attached hydrogens (tertiary/aromatic N) is 1. The molecule has 4 bridgehead atoms. The van der Waals surface area contributed by atoms with Crippen molar-refractivity contribution in [3.05, 3.63) is 72.3 Å². The molecule has 0 aromatic heterocycles. The zero-order valence-electron chi connectivity index (χ0n) is 19.8. The van der Waals surface area contributed by atoms with Gasteiger partial charge in [-0.05, 0) is 56.5 Å². The largest absolute Gasteiger partial charge is 0.448 e. The topological polar surface area (TPSA) is 76.2 Å². The van der Waals surface area contributed by atoms with E-state index in [2.05, 4.69) is 23.7 Å². The van der Waals surface area contributed by atoms with Gasteiger partial charge in [0.2, 0.25) is 0 Å². The molecule has 182 valence electrons. The first-order valence-electron chi connectivity index (χ1n) is 12.1. The van der Waals surface area contributed by atoms with Gasteiger partial charge >= 0.3 is 6.09 Å². The summed E-state index contributed by atoms with van der Waals surface area (Å²) in [4.78, 5) is 15.4. The number of fused-ring (bicyclic) bond motifs is 1. The zero-order chi connectivity index (χ0) is 25.0. The molecule has 2 aliphatic heterocycles. The van der Waals surface area contributed by atoms with Gasteiger partial charge in [-0.25, -0.2) is 13.2 Å². The number of allylic oxidation sites excluding steroid dienone is 2. The fourth-order valence-electron chi connectivity index (χ4n) is 5.96. The number of carbonyl (C=O) groups excluding carboxylic acids is 1. The molecule has 36 heavy (non-hydrogen) atoms. The molecule has 2 heterocycles. The smallest absolute Gasteiger partial charge is 0.415 e. The maximum Gasteiger partial charge on any atom is 0.415 e. The number of carbonyl (C=O) groups is 1. The monoisotopic (exact) mass is 499 g/mol. The SMILES string of the molecule is C[C@H](COC(=O)N1c2ccccc2[C@@]23O[C@]24CCC[C@@H]3C#C/C=C\C#C[C@H]14)S(=O)(=O)c1ccccc1. The molecule has 0 spiro atoms. The molecule has 2 fully saturated rings. The first-order valence-corrected chi connectivity index (χ1v) is 13.7. The lowest BCUT2D eigenvalue weighted by Crippen LogP contribution is -2.57. The lowest BCUT2D eigenvalue weighted by atomic mass is 9.64. The second-order valence-electron chi connectivity index (χ2n) is 9.62. The molecule has 0 N–H and O–H groups in total. The Kier molecular flexibility index (Phi) is 5.26. The van der Waals surface area contributed by atoms with Gasteiger partial charge in [0.1, 0.15) is 23.9 Å². The second kappa shape index (κ2) is 8.27. The molecule has 7 heteroatoms. The van der Waals surface area contributed by atoms with Crippen LogP contribution in [0.25, 0.3) is 0 Å². The van der Waals surface area contributed by atoms with Crippen LogP contribution in [0.15, 0.2) is 71.6 Å². The van der Waals surface area contributed by atoms with Crippen molar-refractivity contribution in [1.82, 2.24) is 0 Å². The van der Waals surface area contributed by atoms with E-state index in [0.717, 1.165) is 24.8 Å². The molecule has 1 amide bonds. The first-order chi connectivity index (χ1) is 17.4. The molecule has 0 radical (unpaired) electrons. The minimum Gasteiger partial charge on any atom is -0.448 e. The molecular weight excluding hydrogens is 474 g/mol. The van der Waals surface area contributed by atoms with Crippen LogP contribution < -0.4 is 4.90 Å². The highest BCUT2D eigenvalue weighted by Gasteiger charge is 2.81. The second-order valence-corrected chi connectivity index (χ2v) is 12.0. The summed E-state index contributed by atoms with van der Waals surface area (Å²) in [7, 11) is -3.65. The lowest BCUT2D eigenvalue weighted by Gasteiger charge is -2.43. The number of ether oxygens (including phenoxy) is 2. The van der Waals surface area contributed by atoms with Gasteiger partial charge in [-0.1, -0.05) is 60.1 Å². The molecule has 2 aliphatic carbocycles. The number of anilines is 1. The molecule has 6 rings (SSSR count). The number of epoxide rings is 1. The molecule has 6 nitrogen and oxygen atoms in total. The van der Waals surface area contributed by atoms with Gasteiger partial charge in [-0.3, -0.25) is 4.90 Å². The number of amides is 1. The number of benzene rings is 2. The highest BCUT2D eigenvalue weighted by atomic mass is 32.2. The molecule has 2 aromatic rings. The van der Waals surface area contributed by atoms with Gasteiger partial charge in [-0.15, -0.1) is 0 Å². The quantitative estimate of drug-likeness (QED) is 0.465. The van der Waals surface area contributed by atoms with Crippen molar-refractivity contribution in [3.8, 4) is 23.7 Å². The van der Waals surface area contributed by atoms with Gasteiger partial charge in [0.05, 0.1) is 21.8 Å². The van der Waals surface area contributed by atoms with Crippen LogP contribution in [0.2, 0.25) is 0 Å². The normalized spacial score (nSPS) is 30.6. The third kappa shape index (κ3) is 3.17. The van der Waals surface area contributed by atoms with Crippen LogP contribution in [0.1, 0.15) is 31.7 Å². The van der Waals surface area contributed by atoms with E-state index < -0.39 is 38.4 Å². The van der Waals surface area contributed by atoms with Crippen LogP contribution in [-0.2, 0) is 24.9 Å². The molecule has 1 saturated carbocycles. The van der Waals surface area contributed by atoms with E-state index in [-0.39, 0.29) is 17.4 Å². The van der Waals surface area contributed by atoms with E-state index in [1.54, 1.807) is 54.3 Å². The average Bonchev–Trinajstić information content (AvgIpc) is 3.62. The Balaban J connectivity index is 1.36. The summed E-state index contributed by atoms with van der Waals surface area (Å²) in [6.45, 7) is 1.27. The Morgan fingerprint density at radius 3 is 2.64 bits per heavy atom. The molecule has 0 unspecified atom stereocenters. The first kappa shape index (κ1) is 22.9. The zero-order valence-corrected chi connectivity index (χ0v) is 20.6. The van der Waals surface area contributed by atoms with Crippen molar-refractivity contribution in [2.24, 2.45) is 5.92 Å². The Morgan fingerprint density at radius 2 is 1.83 bits per heavy atom. The van der Waals surface area contributed by atoms with Crippen molar-refractivity contribution in [2.75, 3.05) is 11.5 Å². The van der Waals surface area contributed by atoms with Crippen LogP contribution in [0.3, 0.4) is 0 Å². The number of hydrogen-bond acceptors (Lipinski definition) is 5. The van der Waals surface area contributed by atoms with E-state index in [9.17, 15) is 13.2 Å². The summed E-state index contributed by atoms with van der Waals surface area (Å²) in [5.74, 6) is 12.8. The lowest BCUT2D eigenvalue weighted by molar-refractivity contribution is 0.147. The Labute approximate surface area is 211 Å². The molecular formula is C29H25NO5S. The third-order valence-corrected chi connectivity index (χ3v) is 9.82. The predicted octanol–water partition coefficient (Wildman–Crippen LogP) is 4.22. The predicted molar refractivity (Wildman–Crippen MR) is 135 cm³/mol. The van der Waals surface area contributed by atoms with Gasteiger partial charge in [0, 0.05) is 5.56 Å². The summed E-state index contributed by atoms with van der Waals surface area (Å²) in [5, 5.41) is -0.911. The highest BCUT2D eigenvalue weighted by molar-refractivity contribution is 7.92. The Bertz CT molecular complexity index is 1490. The summed E-state index contributed by atoms with van der Waals surface area (Å²) in [6.07, 6.45) is 5.37. The Morgan fingerprint density at radius 1 is 1.11 bits per heavy atom. The minimum absolute atomic E-state index is 0.00587. The number of hydrogen-bond donors (Lipinski definition) is 0. The van der Waals surface area contributed by atoms with E-state index in [4.69, 9.17) is 9.47 Å². The van der Waals surface area contributed by atoms with Crippen LogP contribution in [0, 0.1) is 29.6 Å². The minimum atomic E-state index is -3.65.